The lowest BCUT2D eigenvalue weighted by Gasteiger charge is -2.27. The largest absolute Gasteiger partial charge is 0.755 e. The molecule has 0 aliphatic heterocycles. The van der Waals surface area contributed by atoms with E-state index in [1.54, 1.807) is 42.5 Å². The van der Waals surface area contributed by atoms with Gasteiger partial charge in [0.25, 0.3) is 0 Å². The summed E-state index contributed by atoms with van der Waals surface area (Å²) in [7, 11) is -3.78. The fourth-order valence-electron chi connectivity index (χ4n) is 4.24. The van der Waals surface area contributed by atoms with Crippen molar-refractivity contribution in [3.05, 3.63) is 107 Å². The number of aromatic carboxylic acids is 1. The third-order valence-electron chi connectivity index (χ3n) is 6.13. The molecule has 10 heteroatoms. The lowest BCUT2D eigenvalue weighted by Crippen LogP contribution is -2.20. The first-order chi connectivity index (χ1) is 18.3. The zero-order valence-electron chi connectivity index (χ0n) is 20.4. The van der Waals surface area contributed by atoms with Crippen molar-refractivity contribution in [2.45, 2.75) is 41.9 Å². The number of carboxylic acid groups (broad SMARTS) is 1. The van der Waals surface area contributed by atoms with Gasteiger partial charge in [0.15, 0.2) is 0 Å². The Hall–Kier alpha value is -3.31. The number of unbranched alkanes of at least 4 members (excludes halogenated alkanes) is 2. The van der Waals surface area contributed by atoms with Crippen LogP contribution in [0, 0.1) is 0 Å². The summed E-state index contributed by atoms with van der Waals surface area (Å²) >= 11 is -1.62. The minimum atomic E-state index is -3.78. The van der Waals surface area contributed by atoms with Gasteiger partial charge in [0.2, 0.25) is 9.84 Å². The first-order valence-electron chi connectivity index (χ1n) is 12.0. The summed E-state index contributed by atoms with van der Waals surface area (Å²) in [5.74, 6) is -0.937. The van der Waals surface area contributed by atoms with Crippen molar-refractivity contribution in [2.24, 2.45) is 0 Å². The second kappa shape index (κ2) is 12.5. The van der Waals surface area contributed by atoms with Crippen LogP contribution in [-0.2, 0) is 33.9 Å². The van der Waals surface area contributed by atoms with Gasteiger partial charge in [-0.1, -0.05) is 61.0 Å². The van der Waals surface area contributed by atoms with Crippen LogP contribution < -0.4 is 4.31 Å². The summed E-state index contributed by atoms with van der Waals surface area (Å²) < 4.78 is 51.8. The minimum Gasteiger partial charge on any atom is -0.755 e. The molecule has 0 amide bonds. The number of anilines is 2. The summed E-state index contributed by atoms with van der Waals surface area (Å²) in [6.07, 6.45) is 3.68. The van der Waals surface area contributed by atoms with Gasteiger partial charge in [0, 0.05) is 5.38 Å². The Morgan fingerprint density at radius 2 is 1.45 bits per heavy atom. The van der Waals surface area contributed by atoms with Crippen LogP contribution >= 0.6 is 11.3 Å². The summed E-state index contributed by atoms with van der Waals surface area (Å²) in [4.78, 5) is 11.6. The number of aryl methyl sites for hydroxylation is 2. The molecule has 0 spiro atoms. The number of para-hydroxylation sites is 1. The molecule has 4 rings (SSSR count). The van der Waals surface area contributed by atoms with Crippen LogP contribution in [0.4, 0.5) is 10.7 Å². The maximum atomic E-state index is 13.0. The van der Waals surface area contributed by atoms with Crippen molar-refractivity contribution in [1.29, 1.82) is 0 Å². The molecule has 0 saturated carbocycles. The molecular weight excluding hydrogens is 543 g/mol. The normalized spacial score (nSPS) is 12.2. The third kappa shape index (κ3) is 6.39. The number of nitrogens with zero attached hydrogens (tertiary/aromatic N) is 1. The van der Waals surface area contributed by atoms with Crippen LogP contribution in [0.15, 0.2) is 100 Å². The first-order valence-corrected chi connectivity index (χ1v) is 15.4. The predicted molar refractivity (Wildman–Crippen MR) is 148 cm³/mol. The van der Waals surface area contributed by atoms with E-state index in [9.17, 15) is 27.1 Å². The Morgan fingerprint density at radius 1 is 0.842 bits per heavy atom. The summed E-state index contributed by atoms with van der Waals surface area (Å²) in [5.41, 5.74) is 2.41. The number of hydrogen-bond donors (Lipinski definition) is 1. The SMILES string of the molecule is O=C(O)c1ccccc1CCCCCc1ccccc1N(c1cc(S(=O)(=O)c2ccccc2)cs1)S(=O)[O-]. The molecule has 3 aromatic carbocycles. The molecule has 198 valence electrons. The second-order valence-electron chi connectivity index (χ2n) is 8.60. The van der Waals surface area contributed by atoms with Gasteiger partial charge in [-0.05, 0) is 67.1 Å². The molecule has 0 radical (unpaired) electrons. The van der Waals surface area contributed by atoms with Crippen molar-refractivity contribution in [3.63, 3.8) is 0 Å². The topological polar surface area (TPSA) is 115 Å². The number of thiophene rings is 1. The van der Waals surface area contributed by atoms with Gasteiger partial charge in [0.05, 0.1) is 32.3 Å². The summed E-state index contributed by atoms with van der Waals surface area (Å²) in [5, 5.41) is 11.1. The Balaban J connectivity index is 1.47. The monoisotopic (exact) mass is 568 g/mol. The number of sulfone groups is 1. The van der Waals surface area contributed by atoms with E-state index < -0.39 is 27.1 Å². The van der Waals surface area contributed by atoms with Crippen LogP contribution in [0.25, 0.3) is 0 Å². The number of hydrogen-bond acceptors (Lipinski definition) is 6. The quantitative estimate of drug-likeness (QED) is 0.162. The number of carboxylic acids is 1. The Bertz CT molecular complexity index is 1530. The average molecular weight is 569 g/mol. The summed E-state index contributed by atoms with van der Waals surface area (Å²) in [6.45, 7) is 0. The highest BCUT2D eigenvalue weighted by atomic mass is 32.2. The molecule has 0 aliphatic carbocycles. The Labute approximate surface area is 228 Å². The first kappa shape index (κ1) is 27.7. The Kier molecular flexibility index (Phi) is 9.11. The molecule has 4 aromatic rings. The highest BCUT2D eigenvalue weighted by Crippen LogP contribution is 2.37. The molecule has 38 heavy (non-hydrogen) atoms. The fourth-order valence-corrected chi connectivity index (χ4v) is 7.56. The number of benzene rings is 3. The smallest absolute Gasteiger partial charge is 0.335 e. The molecule has 0 aliphatic rings. The molecule has 1 atom stereocenters. The van der Waals surface area contributed by atoms with E-state index in [1.165, 1.54) is 23.6 Å². The van der Waals surface area contributed by atoms with Gasteiger partial charge in [0.1, 0.15) is 5.00 Å². The zero-order valence-corrected chi connectivity index (χ0v) is 22.8. The van der Waals surface area contributed by atoms with Crippen molar-refractivity contribution in [1.82, 2.24) is 0 Å². The van der Waals surface area contributed by atoms with E-state index in [-0.39, 0.29) is 14.8 Å². The standard InChI is InChI=1S/C28H27NO6S3/c30-28(31)25-17-9-7-12-21(25)11-3-1-4-13-22-14-8-10-18-26(22)29(37(32)33)27-19-24(20-36-27)38(34,35)23-15-5-2-6-16-23/h2,5-10,12,14-20H,1,3-4,11,13H2,(H,30,31)(H,32,33)/p-1. The van der Waals surface area contributed by atoms with Crippen LogP contribution in [0.1, 0.15) is 40.7 Å². The van der Waals surface area contributed by atoms with E-state index in [0.717, 1.165) is 46.0 Å². The van der Waals surface area contributed by atoms with Gasteiger partial charge in [-0.2, -0.15) is 0 Å². The lowest BCUT2D eigenvalue weighted by molar-refractivity contribution is 0.0695. The molecule has 1 aromatic heterocycles. The van der Waals surface area contributed by atoms with Crippen molar-refractivity contribution < 1.29 is 27.1 Å². The molecule has 1 heterocycles. The van der Waals surface area contributed by atoms with E-state index >= 15 is 0 Å². The highest BCUT2D eigenvalue weighted by Gasteiger charge is 2.23. The Morgan fingerprint density at radius 3 is 2.13 bits per heavy atom. The van der Waals surface area contributed by atoms with E-state index in [0.29, 0.717) is 24.1 Å². The minimum absolute atomic E-state index is 0.0401. The average Bonchev–Trinajstić information content (AvgIpc) is 3.40. The van der Waals surface area contributed by atoms with Crippen LogP contribution in [0.3, 0.4) is 0 Å². The van der Waals surface area contributed by atoms with Crippen LogP contribution in [0.2, 0.25) is 0 Å². The zero-order chi connectivity index (χ0) is 27.1. The van der Waals surface area contributed by atoms with E-state index in [4.69, 9.17) is 0 Å². The molecular formula is C28H26NO6S3-. The molecule has 0 bridgehead atoms. The highest BCUT2D eigenvalue weighted by molar-refractivity contribution is 7.91. The van der Waals surface area contributed by atoms with E-state index in [1.807, 2.05) is 24.3 Å². The maximum absolute atomic E-state index is 13.0. The van der Waals surface area contributed by atoms with Crippen molar-refractivity contribution >= 4 is 49.1 Å². The van der Waals surface area contributed by atoms with Crippen LogP contribution in [-0.4, -0.2) is 28.3 Å². The molecule has 1 N–H and O–H groups in total. The maximum Gasteiger partial charge on any atom is 0.335 e. The van der Waals surface area contributed by atoms with Crippen molar-refractivity contribution in [3.8, 4) is 0 Å². The number of rotatable bonds is 12. The fraction of sp³-hybridized carbons (Fsp3) is 0.179. The van der Waals surface area contributed by atoms with Gasteiger partial charge in [-0.25, -0.2) is 13.2 Å². The second-order valence-corrected chi connectivity index (χ2v) is 12.2. The van der Waals surface area contributed by atoms with Gasteiger partial charge < -0.3 is 9.66 Å². The van der Waals surface area contributed by atoms with Gasteiger partial charge in [-0.3, -0.25) is 8.51 Å². The van der Waals surface area contributed by atoms with Crippen molar-refractivity contribution in [2.75, 3.05) is 4.31 Å². The lowest BCUT2D eigenvalue weighted by atomic mass is 9.99. The molecule has 0 saturated heterocycles. The van der Waals surface area contributed by atoms with Gasteiger partial charge in [-0.15, -0.1) is 11.3 Å². The third-order valence-corrected chi connectivity index (χ3v) is 9.74. The molecule has 0 fully saturated rings. The molecule has 7 nitrogen and oxygen atoms in total. The predicted octanol–water partition coefficient (Wildman–Crippen LogP) is 6.17. The summed E-state index contributed by atoms with van der Waals surface area (Å²) in [6, 6.07) is 23.5. The van der Waals surface area contributed by atoms with E-state index in [2.05, 4.69) is 0 Å². The number of carbonyl (C=O) groups is 1. The molecule has 1 unspecified atom stereocenters. The van der Waals surface area contributed by atoms with Gasteiger partial charge >= 0.3 is 5.97 Å². The van der Waals surface area contributed by atoms with Crippen LogP contribution in [0.5, 0.6) is 0 Å².